The predicted molar refractivity (Wildman–Crippen MR) is 75.0 cm³/mol. The van der Waals surface area contributed by atoms with Gasteiger partial charge in [0.25, 0.3) is 0 Å². The summed E-state index contributed by atoms with van der Waals surface area (Å²) >= 11 is 0. The Hall–Kier alpha value is -2.09. The smallest absolute Gasteiger partial charge is 0.0688 e. The maximum absolute atomic E-state index is 4.21. The van der Waals surface area contributed by atoms with Crippen LogP contribution in [0, 0.1) is 0 Å². The fraction of sp³-hybridized carbons (Fsp3) is 0.188. The van der Waals surface area contributed by atoms with Gasteiger partial charge in [0.2, 0.25) is 0 Å². The second-order valence-electron chi connectivity index (χ2n) is 4.51. The van der Waals surface area contributed by atoms with Gasteiger partial charge in [-0.3, -0.25) is 5.10 Å². The molecule has 1 heterocycles. The highest BCUT2D eigenvalue weighted by Crippen LogP contribution is 2.30. The van der Waals surface area contributed by atoms with Crippen molar-refractivity contribution in [1.29, 1.82) is 0 Å². The van der Waals surface area contributed by atoms with Gasteiger partial charge in [0.1, 0.15) is 0 Å². The number of aromatic amines is 1. The zero-order chi connectivity index (χ0) is 12.2. The van der Waals surface area contributed by atoms with Crippen molar-refractivity contribution in [2.75, 3.05) is 0 Å². The molecule has 90 valence electrons. The minimum absolute atomic E-state index is 0.988. The van der Waals surface area contributed by atoms with Gasteiger partial charge >= 0.3 is 0 Å². The molecule has 1 aromatic heterocycles. The standard InChI is InChI=1S/C16H16N2/c1-2-5-11-14(10-4-1)16-15(12-17-18-16)13-8-6-3-7-9-13/h1,3-4,6-9,11-12H,2,5,10H2,(H,17,18). The van der Waals surface area contributed by atoms with Gasteiger partial charge in [0, 0.05) is 5.56 Å². The highest BCUT2D eigenvalue weighted by atomic mass is 15.1. The van der Waals surface area contributed by atoms with E-state index in [2.05, 4.69) is 52.7 Å². The summed E-state index contributed by atoms with van der Waals surface area (Å²) in [7, 11) is 0. The normalized spacial score (nSPS) is 15.2. The molecule has 0 saturated carbocycles. The van der Waals surface area contributed by atoms with E-state index in [0.29, 0.717) is 0 Å². The molecular weight excluding hydrogens is 220 g/mol. The van der Waals surface area contributed by atoms with E-state index in [9.17, 15) is 0 Å². The van der Waals surface area contributed by atoms with Crippen molar-refractivity contribution < 1.29 is 0 Å². The molecule has 0 spiro atoms. The van der Waals surface area contributed by atoms with Crippen LogP contribution in [0.25, 0.3) is 16.7 Å². The Labute approximate surface area is 107 Å². The minimum atomic E-state index is 0.988. The van der Waals surface area contributed by atoms with E-state index in [0.717, 1.165) is 25.0 Å². The molecule has 0 atom stereocenters. The Bertz CT molecular complexity index is 576. The van der Waals surface area contributed by atoms with Gasteiger partial charge in [-0.2, -0.15) is 5.10 Å². The molecule has 0 bridgehead atoms. The SMILES string of the molecule is C1=CCC(c2[nH]ncc2-c2ccccc2)=CCC1. The first-order chi connectivity index (χ1) is 8.95. The summed E-state index contributed by atoms with van der Waals surface area (Å²) in [5.41, 5.74) is 4.92. The average Bonchev–Trinajstić information content (AvgIpc) is 2.75. The highest BCUT2D eigenvalue weighted by Gasteiger charge is 2.11. The molecule has 2 aromatic rings. The van der Waals surface area contributed by atoms with Crippen LogP contribution in [0.1, 0.15) is 25.0 Å². The summed E-state index contributed by atoms with van der Waals surface area (Å²) in [5.74, 6) is 0. The van der Waals surface area contributed by atoms with E-state index in [1.807, 2.05) is 12.3 Å². The van der Waals surface area contributed by atoms with E-state index < -0.39 is 0 Å². The molecule has 1 N–H and O–H groups in total. The van der Waals surface area contributed by atoms with Crippen molar-refractivity contribution in [3.05, 3.63) is 60.5 Å². The van der Waals surface area contributed by atoms with Gasteiger partial charge in [-0.1, -0.05) is 48.6 Å². The number of nitrogens with one attached hydrogen (secondary N) is 1. The quantitative estimate of drug-likeness (QED) is 0.778. The lowest BCUT2D eigenvalue weighted by atomic mass is 10.00. The van der Waals surface area contributed by atoms with Gasteiger partial charge in [0.15, 0.2) is 0 Å². The van der Waals surface area contributed by atoms with Crippen molar-refractivity contribution in [3.63, 3.8) is 0 Å². The Kier molecular flexibility index (Phi) is 3.09. The average molecular weight is 236 g/mol. The largest absolute Gasteiger partial charge is 0.278 e. The number of H-pyrrole nitrogens is 1. The number of rotatable bonds is 2. The van der Waals surface area contributed by atoms with E-state index in [4.69, 9.17) is 0 Å². The van der Waals surface area contributed by atoms with Crippen LogP contribution in [0.3, 0.4) is 0 Å². The van der Waals surface area contributed by atoms with Gasteiger partial charge < -0.3 is 0 Å². The molecule has 0 amide bonds. The Balaban J connectivity index is 2.02. The first kappa shape index (κ1) is 11.0. The molecule has 1 aliphatic carbocycles. The first-order valence-electron chi connectivity index (χ1n) is 6.38. The number of aromatic nitrogens is 2. The summed E-state index contributed by atoms with van der Waals surface area (Å²) in [6, 6.07) is 10.4. The fourth-order valence-corrected chi connectivity index (χ4v) is 2.34. The van der Waals surface area contributed by atoms with Gasteiger partial charge in [0.05, 0.1) is 11.9 Å². The van der Waals surface area contributed by atoms with Gasteiger partial charge in [-0.15, -0.1) is 0 Å². The summed E-state index contributed by atoms with van der Waals surface area (Å²) in [4.78, 5) is 0. The molecule has 0 unspecified atom stereocenters. The summed E-state index contributed by atoms with van der Waals surface area (Å²) in [6.07, 6.45) is 12.0. The third kappa shape index (κ3) is 2.14. The molecule has 2 heteroatoms. The van der Waals surface area contributed by atoms with Crippen LogP contribution in [-0.2, 0) is 0 Å². The molecule has 0 aliphatic heterocycles. The third-order valence-electron chi connectivity index (χ3n) is 3.27. The fourth-order valence-electron chi connectivity index (χ4n) is 2.34. The summed E-state index contributed by atoms with van der Waals surface area (Å²) in [6.45, 7) is 0. The van der Waals surface area contributed by atoms with Crippen LogP contribution in [0.2, 0.25) is 0 Å². The Morgan fingerprint density at radius 1 is 1.00 bits per heavy atom. The predicted octanol–water partition coefficient (Wildman–Crippen LogP) is 4.20. The van der Waals surface area contributed by atoms with E-state index in [-0.39, 0.29) is 0 Å². The minimum Gasteiger partial charge on any atom is -0.278 e. The number of nitrogens with zero attached hydrogens (tertiary/aromatic N) is 1. The zero-order valence-electron chi connectivity index (χ0n) is 10.3. The van der Waals surface area contributed by atoms with Gasteiger partial charge in [-0.05, 0) is 30.4 Å². The lowest BCUT2D eigenvalue weighted by Gasteiger charge is -2.05. The van der Waals surface area contributed by atoms with Crippen molar-refractivity contribution in [3.8, 4) is 11.1 Å². The maximum Gasteiger partial charge on any atom is 0.0688 e. The Morgan fingerprint density at radius 2 is 1.89 bits per heavy atom. The number of benzene rings is 1. The molecule has 3 rings (SSSR count). The van der Waals surface area contributed by atoms with Crippen LogP contribution >= 0.6 is 0 Å². The van der Waals surface area contributed by atoms with Crippen molar-refractivity contribution in [2.24, 2.45) is 0 Å². The topological polar surface area (TPSA) is 28.7 Å². The van der Waals surface area contributed by atoms with Gasteiger partial charge in [-0.25, -0.2) is 0 Å². The molecule has 2 nitrogen and oxygen atoms in total. The molecular formula is C16H16N2. The van der Waals surface area contributed by atoms with Crippen LogP contribution in [0.4, 0.5) is 0 Å². The molecule has 0 saturated heterocycles. The van der Waals surface area contributed by atoms with Crippen LogP contribution in [0.5, 0.6) is 0 Å². The molecule has 1 aliphatic rings. The zero-order valence-corrected chi connectivity index (χ0v) is 10.3. The first-order valence-corrected chi connectivity index (χ1v) is 6.38. The van der Waals surface area contributed by atoms with E-state index >= 15 is 0 Å². The molecule has 0 fully saturated rings. The molecule has 0 radical (unpaired) electrons. The number of hydrogen-bond acceptors (Lipinski definition) is 1. The van der Waals surface area contributed by atoms with Crippen molar-refractivity contribution >= 4 is 5.57 Å². The number of allylic oxidation sites excluding steroid dienone is 4. The molecule has 1 aromatic carbocycles. The monoisotopic (exact) mass is 236 g/mol. The number of hydrogen-bond donors (Lipinski definition) is 1. The van der Waals surface area contributed by atoms with Crippen LogP contribution in [0.15, 0.2) is 54.8 Å². The van der Waals surface area contributed by atoms with Crippen LogP contribution < -0.4 is 0 Å². The highest BCUT2D eigenvalue weighted by molar-refractivity contribution is 5.79. The molecule has 18 heavy (non-hydrogen) atoms. The van der Waals surface area contributed by atoms with Crippen LogP contribution in [-0.4, -0.2) is 10.2 Å². The van der Waals surface area contributed by atoms with Crippen molar-refractivity contribution in [2.45, 2.75) is 19.3 Å². The van der Waals surface area contributed by atoms with E-state index in [1.54, 1.807) is 0 Å². The van der Waals surface area contributed by atoms with E-state index in [1.165, 1.54) is 16.7 Å². The third-order valence-corrected chi connectivity index (χ3v) is 3.27. The second-order valence-corrected chi connectivity index (χ2v) is 4.51. The lowest BCUT2D eigenvalue weighted by molar-refractivity contribution is 1.05. The summed E-state index contributed by atoms with van der Waals surface area (Å²) in [5, 5.41) is 7.36. The second kappa shape index (κ2) is 5.05. The van der Waals surface area contributed by atoms with Crippen molar-refractivity contribution in [1.82, 2.24) is 10.2 Å². The summed E-state index contributed by atoms with van der Waals surface area (Å²) < 4.78 is 0. The maximum atomic E-state index is 4.21. The lowest BCUT2D eigenvalue weighted by Crippen LogP contribution is -1.87. The Morgan fingerprint density at radius 3 is 2.78 bits per heavy atom.